The van der Waals surface area contributed by atoms with E-state index in [-0.39, 0.29) is 0 Å². The smallest absolute Gasteiger partial charge is 0.248 e. The molecule has 1 unspecified atom stereocenters. The van der Waals surface area contributed by atoms with Crippen molar-refractivity contribution in [3.05, 3.63) is 35.2 Å². The highest BCUT2D eigenvalue weighted by Gasteiger charge is 2.22. The van der Waals surface area contributed by atoms with Crippen molar-refractivity contribution in [1.82, 2.24) is 24.2 Å². The fourth-order valence-electron chi connectivity index (χ4n) is 4.37. The molecular formula is C23H33N7O4. The minimum Gasteiger partial charge on any atom is -0.494 e. The van der Waals surface area contributed by atoms with Gasteiger partial charge in [-0.25, -0.2) is 4.98 Å². The van der Waals surface area contributed by atoms with Crippen LogP contribution >= 0.6 is 0 Å². The topological polar surface area (TPSA) is 133 Å². The number of nitrogens with one attached hydrogen (secondary N) is 1. The molecule has 4 N–H and O–H groups in total. The molecular weight excluding hydrogens is 438 g/mol. The normalized spacial score (nSPS) is 15.5. The molecule has 0 bridgehead atoms. The van der Waals surface area contributed by atoms with Gasteiger partial charge in [0.2, 0.25) is 11.9 Å². The number of imidazole rings is 1. The number of rotatable bonds is 10. The number of carbonyl (C=O) groups excluding carboxylic acids is 1. The van der Waals surface area contributed by atoms with Crippen LogP contribution in [0, 0.1) is 6.92 Å². The minimum absolute atomic E-state index is 0.314. The number of aryl methyl sites for hydroxylation is 3. The van der Waals surface area contributed by atoms with Crippen LogP contribution in [0.3, 0.4) is 0 Å². The van der Waals surface area contributed by atoms with Crippen LogP contribution in [0.5, 0.6) is 5.75 Å². The standard InChI is InChI=1S/C23H33N7O4/c1-4-30-18(12-15(2)27-30)22(32)26-23-25-17-13-16(21(24)31)14-19(33-3)20(17)29(23)7-5-6-28-8-10-34-11-9-28/h12-14,22,32H,4-11H2,1-3H3,(H2,24,31)(H,25,26). The predicted molar refractivity (Wildman–Crippen MR) is 128 cm³/mol. The molecule has 0 radical (unpaired) electrons. The molecule has 0 spiro atoms. The van der Waals surface area contributed by atoms with E-state index in [1.807, 2.05) is 24.5 Å². The van der Waals surface area contributed by atoms with Crippen molar-refractivity contribution in [3.8, 4) is 5.75 Å². The predicted octanol–water partition coefficient (Wildman–Crippen LogP) is 1.49. The molecule has 184 valence electrons. The van der Waals surface area contributed by atoms with Crippen LogP contribution in [0.2, 0.25) is 0 Å². The Kier molecular flexibility index (Phi) is 7.35. The number of anilines is 1. The fourth-order valence-corrected chi connectivity index (χ4v) is 4.37. The Balaban J connectivity index is 1.67. The fraction of sp³-hybridized carbons (Fsp3) is 0.522. The molecule has 1 saturated heterocycles. The van der Waals surface area contributed by atoms with Gasteiger partial charge in [0.15, 0.2) is 6.23 Å². The molecule has 34 heavy (non-hydrogen) atoms. The zero-order valence-corrected chi connectivity index (χ0v) is 20.0. The van der Waals surface area contributed by atoms with Gasteiger partial charge in [-0.3, -0.25) is 14.4 Å². The molecule has 1 fully saturated rings. The van der Waals surface area contributed by atoms with Crippen molar-refractivity contribution in [2.24, 2.45) is 5.73 Å². The van der Waals surface area contributed by atoms with Gasteiger partial charge in [-0.1, -0.05) is 0 Å². The van der Waals surface area contributed by atoms with E-state index in [9.17, 15) is 9.90 Å². The summed E-state index contributed by atoms with van der Waals surface area (Å²) in [7, 11) is 1.55. The first-order valence-electron chi connectivity index (χ1n) is 11.6. The number of nitrogens with zero attached hydrogens (tertiary/aromatic N) is 5. The van der Waals surface area contributed by atoms with Crippen LogP contribution in [0.15, 0.2) is 18.2 Å². The van der Waals surface area contributed by atoms with Crippen LogP contribution in [0.4, 0.5) is 5.95 Å². The van der Waals surface area contributed by atoms with E-state index in [1.165, 1.54) is 0 Å². The van der Waals surface area contributed by atoms with Crippen LogP contribution in [0.25, 0.3) is 11.0 Å². The van der Waals surface area contributed by atoms with Crippen LogP contribution in [-0.4, -0.2) is 75.2 Å². The maximum absolute atomic E-state index is 11.8. The number of fused-ring (bicyclic) bond motifs is 1. The molecule has 1 amide bonds. The van der Waals surface area contributed by atoms with E-state index in [0.717, 1.165) is 50.5 Å². The Bertz CT molecular complexity index is 1150. The molecule has 11 nitrogen and oxygen atoms in total. The summed E-state index contributed by atoms with van der Waals surface area (Å²) >= 11 is 0. The summed E-state index contributed by atoms with van der Waals surface area (Å²) < 4.78 is 14.8. The zero-order valence-electron chi connectivity index (χ0n) is 20.0. The van der Waals surface area contributed by atoms with E-state index in [1.54, 1.807) is 23.9 Å². The maximum atomic E-state index is 11.8. The second-order valence-electron chi connectivity index (χ2n) is 8.38. The molecule has 1 aliphatic heterocycles. The van der Waals surface area contributed by atoms with E-state index in [0.29, 0.717) is 41.6 Å². The lowest BCUT2D eigenvalue weighted by Gasteiger charge is -2.26. The van der Waals surface area contributed by atoms with Gasteiger partial charge in [-0.05, 0) is 38.5 Å². The van der Waals surface area contributed by atoms with Crippen molar-refractivity contribution < 1.29 is 19.4 Å². The number of aliphatic hydroxyl groups is 1. The first-order valence-corrected chi connectivity index (χ1v) is 11.6. The summed E-state index contributed by atoms with van der Waals surface area (Å²) in [6, 6.07) is 5.12. The monoisotopic (exact) mass is 471 g/mol. The number of carbonyl (C=O) groups is 1. The summed E-state index contributed by atoms with van der Waals surface area (Å²) in [6.45, 7) is 9.38. The molecule has 4 rings (SSSR count). The number of nitrogens with two attached hydrogens (primary N) is 1. The summed E-state index contributed by atoms with van der Waals surface area (Å²) in [4.78, 5) is 18.9. The molecule has 1 aliphatic rings. The van der Waals surface area contributed by atoms with Crippen molar-refractivity contribution in [2.75, 3.05) is 45.3 Å². The molecule has 11 heteroatoms. The second-order valence-corrected chi connectivity index (χ2v) is 8.38. The average Bonchev–Trinajstić information content (AvgIpc) is 3.38. The number of amides is 1. The number of benzene rings is 1. The van der Waals surface area contributed by atoms with Crippen LogP contribution in [-0.2, 0) is 17.8 Å². The lowest BCUT2D eigenvalue weighted by molar-refractivity contribution is 0.0369. The maximum Gasteiger partial charge on any atom is 0.248 e. The van der Waals surface area contributed by atoms with Crippen LogP contribution < -0.4 is 15.8 Å². The molecule has 2 aromatic heterocycles. The third-order valence-corrected chi connectivity index (χ3v) is 6.05. The van der Waals surface area contributed by atoms with Crippen molar-refractivity contribution >= 4 is 22.9 Å². The number of hydrogen-bond donors (Lipinski definition) is 3. The van der Waals surface area contributed by atoms with Gasteiger partial charge in [-0.15, -0.1) is 0 Å². The summed E-state index contributed by atoms with van der Waals surface area (Å²) in [5, 5.41) is 18.5. The third-order valence-electron chi connectivity index (χ3n) is 6.05. The minimum atomic E-state index is -1.02. The van der Waals surface area contributed by atoms with Crippen molar-refractivity contribution in [3.63, 3.8) is 0 Å². The van der Waals surface area contributed by atoms with Gasteiger partial charge in [-0.2, -0.15) is 5.10 Å². The Morgan fingerprint density at radius 1 is 1.29 bits per heavy atom. The average molecular weight is 472 g/mol. The SMILES string of the molecule is CCn1nc(C)cc1C(O)Nc1nc2cc(C(N)=O)cc(OC)c2n1CCCN1CCOCC1. The van der Waals surface area contributed by atoms with Gasteiger partial charge in [0.25, 0.3) is 0 Å². The molecule has 0 aliphatic carbocycles. The van der Waals surface area contributed by atoms with Crippen molar-refractivity contribution in [1.29, 1.82) is 0 Å². The number of primary amides is 1. The van der Waals surface area contributed by atoms with E-state index < -0.39 is 12.1 Å². The molecule has 1 atom stereocenters. The summed E-state index contributed by atoms with van der Waals surface area (Å²) in [6.07, 6.45) is -0.152. The number of aliphatic hydroxyl groups excluding tert-OH is 1. The highest BCUT2D eigenvalue weighted by atomic mass is 16.5. The number of methoxy groups -OCH3 is 1. The number of ether oxygens (including phenoxy) is 2. The molecule has 3 aromatic rings. The van der Waals surface area contributed by atoms with Gasteiger partial charge < -0.3 is 30.2 Å². The molecule has 3 heterocycles. The quantitative estimate of drug-likeness (QED) is 0.379. The van der Waals surface area contributed by atoms with E-state index >= 15 is 0 Å². The Morgan fingerprint density at radius 3 is 2.74 bits per heavy atom. The first-order chi connectivity index (χ1) is 16.4. The van der Waals surface area contributed by atoms with Gasteiger partial charge in [0, 0.05) is 38.3 Å². The Labute approximate surface area is 198 Å². The number of morpholine rings is 1. The molecule has 1 aromatic carbocycles. The highest BCUT2D eigenvalue weighted by Crippen LogP contribution is 2.32. The Hall–Kier alpha value is -3.15. The lowest BCUT2D eigenvalue weighted by atomic mass is 10.1. The zero-order chi connectivity index (χ0) is 24.2. The summed E-state index contributed by atoms with van der Waals surface area (Å²) in [5.74, 6) is 0.423. The van der Waals surface area contributed by atoms with Crippen LogP contribution in [0.1, 0.15) is 41.3 Å². The van der Waals surface area contributed by atoms with Gasteiger partial charge in [0.05, 0.1) is 37.2 Å². The summed E-state index contributed by atoms with van der Waals surface area (Å²) in [5.41, 5.74) is 8.61. The van der Waals surface area contributed by atoms with Crippen molar-refractivity contribution in [2.45, 2.75) is 39.6 Å². The third kappa shape index (κ3) is 5.01. The lowest BCUT2D eigenvalue weighted by Crippen LogP contribution is -2.37. The Morgan fingerprint density at radius 2 is 2.06 bits per heavy atom. The van der Waals surface area contributed by atoms with E-state index in [4.69, 9.17) is 20.2 Å². The first kappa shape index (κ1) is 24.0. The second kappa shape index (κ2) is 10.4. The van der Waals surface area contributed by atoms with Gasteiger partial charge >= 0.3 is 0 Å². The number of aromatic nitrogens is 4. The number of hydrogen-bond acceptors (Lipinski definition) is 8. The molecule has 0 saturated carbocycles. The van der Waals surface area contributed by atoms with Gasteiger partial charge in [0.1, 0.15) is 11.3 Å². The largest absolute Gasteiger partial charge is 0.494 e. The van der Waals surface area contributed by atoms with E-state index in [2.05, 4.69) is 15.3 Å². The highest BCUT2D eigenvalue weighted by molar-refractivity contribution is 5.98.